The zero-order valence-corrected chi connectivity index (χ0v) is 12.5. The Bertz CT molecular complexity index is 299. The summed E-state index contributed by atoms with van der Waals surface area (Å²) in [5.41, 5.74) is -0.293. The van der Waals surface area contributed by atoms with Crippen LogP contribution in [-0.2, 0) is 5.60 Å². The molecule has 1 N–H and O–H groups in total. The summed E-state index contributed by atoms with van der Waals surface area (Å²) >= 11 is 16.3. The van der Waals surface area contributed by atoms with Crippen molar-refractivity contribution in [2.75, 3.05) is 0 Å². The number of hydrogen-bond acceptors (Lipinski definition) is 1. The van der Waals surface area contributed by atoms with Crippen LogP contribution in [0.3, 0.4) is 0 Å². The fraction of sp³-hybridized carbons (Fsp3) is 0.333. The van der Waals surface area contributed by atoms with Gasteiger partial charge in [0.05, 0.1) is 15.6 Å². The van der Waals surface area contributed by atoms with Gasteiger partial charge in [0, 0.05) is 5.56 Å². The third-order valence-corrected chi connectivity index (χ3v) is 2.43. The van der Waals surface area contributed by atoms with Gasteiger partial charge in [0.15, 0.2) is 0 Å². The fourth-order valence-corrected chi connectivity index (χ4v) is 1.51. The summed E-state index contributed by atoms with van der Waals surface area (Å²) in [6.07, 6.45) is 0. The predicted octanol–water partition coefficient (Wildman–Crippen LogP) is 3.69. The van der Waals surface area contributed by atoms with Gasteiger partial charge in [-0.25, -0.2) is 0 Å². The average molecular weight is 309 g/mol. The van der Waals surface area contributed by atoms with E-state index in [9.17, 15) is 5.11 Å². The summed E-state index contributed by atoms with van der Waals surface area (Å²) in [6.45, 7) is 3.34. The van der Waals surface area contributed by atoms with Gasteiger partial charge >= 0.3 is 32.4 Å². The van der Waals surface area contributed by atoms with Crippen molar-refractivity contribution < 1.29 is 5.11 Å². The molecule has 0 spiro atoms. The van der Waals surface area contributed by atoms with Crippen molar-refractivity contribution in [3.05, 3.63) is 33.8 Å². The van der Waals surface area contributed by atoms with Gasteiger partial charge in [-0.05, 0) is 19.9 Å². The van der Waals surface area contributed by atoms with Crippen LogP contribution in [0, 0.1) is 0 Å². The van der Waals surface area contributed by atoms with Crippen molar-refractivity contribution in [3.8, 4) is 0 Å². The number of benzene rings is 1. The monoisotopic (exact) mass is 307 g/mol. The molecule has 0 aromatic heterocycles. The van der Waals surface area contributed by atoms with Crippen LogP contribution in [0.4, 0.5) is 0 Å². The lowest BCUT2D eigenvalue weighted by atomic mass is 9.99. The topological polar surface area (TPSA) is 20.2 Å². The zero-order valence-electron chi connectivity index (χ0n) is 8.02. The van der Waals surface area contributed by atoms with Gasteiger partial charge in [0.1, 0.15) is 0 Å². The Labute approximate surface area is 113 Å². The molecule has 0 fully saturated rings. The van der Waals surface area contributed by atoms with Crippen LogP contribution in [0.5, 0.6) is 0 Å². The van der Waals surface area contributed by atoms with Gasteiger partial charge in [0.2, 0.25) is 0 Å². The van der Waals surface area contributed by atoms with E-state index in [0.717, 1.165) is 0 Å². The first kappa shape index (κ1) is 15.0. The Morgan fingerprint density at radius 3 is 2.14 bits per heavy atom. The average Bonchev–Trinajstić information content (AvgIpc) is 2.11. The molecule has 0 saturated heterocycles. The van der Waals surface area contributed by atoms with E-state index in [1.54, 1.807) is 51.6 Å². The quantitative estimate of drug-likeness (QED) is 0.785. The van der Waals surface area contributed by atoms with E-state index in [4.69, 9.17) is 23.2 Å². The minimum atomic E-state index is -0.942. The highest BCUT2D eigenvalue weighted by molar-refractivity contribution is 9.22. The molecule has 7 radical (unpaired) electrons. The van der Waals surface area contributed by atoms with Crippen molar-refractivity contribution in [1.82, 2.24) is 0 Å². The second-order valence-corrected chi connectivity index (χ2v) is 3.95. The van der Waals surface area contributed by atoms with E-state index in [0.29, 0.717) is 15.6 Å². The Kier molecular flexibility index (Phi) is 7.03. The molecule has 1 aromatic rings. The van der Waals surface area contributed by atoms with Crippen LogP contribution >= 0.6 is 36.1 Å². The van der Waals surface area contributed by atoms with Crippen molar-refractivity contribution in [3.63, 3.8) is 0 Å². The van der Waals surface area contributed by atoms with Crippen LogP contribution in [0.1, 0.15) is 19.4 Å². The highest BCUT2D eigenvalue weighted by atomic mass is 79.9. The van der Waals surface area contributed by atoms with Crippen LogP contribution in [0.15, 0.2) is 18.2 Å². The molecule has 73 valence electrons. The largest absolute Gasteiger partial charge is 1.52 e. The van der Waals surface area contributed by atoms with Crippen LogP contribution < -0.4 is 0 Å². The minimum absolute atomic E-state index is 0.423. The van der Waals surface area contributed by atoms with Crippen molar-refractivity contribution in [2.24, 2.45) is 0 Å². The maximum atomic E-state index is 9.65. The fourth-order valence-electron chi connectivity index (χ4n) is 0.976. The van der Waals surface area contributed by atoms with Crippen molar-refractivity contribution in [1.29, 1.82) is 0 Å². The normalized spacial score (nSPS) is 10.5. The van der Waals surface area contributed by atoms with E-state index < -0.39 is 5.60 Å². The first-order valence-electron chi connectivity index (χ1n) is 3.86. The van der Waals surface area contributed by atoms with Gasteiger partial charge in [0.25, 0.3) is 0 Å². The number of hydrogen-bond donors (Lipinski definition) is 1. The smallest absolute Gasteiger partial charge is 0.386 e. The van der Waals surface area contributed by atoms with Gasteiger partial charge in [-0.1, -0.05) is 35.3 Å². The lowest BCUT2D eigenvalue weighted by Crippen LogP contribution is -2.15. The molecule has 0 heterocycles. The molecule has 0 amide bonds. The maximum Gasteiger partial charge on any atom is 1.52 e. The SMILES string of the molecule is CC(C)(O)c1cccc(Cl)c1Cl.[Mg+2][Br]. The van der Waals surface area contributed by atoms with E-state index in [1.165, 1.54) is 0 Å². The van der Waals surface area contributed by atoms with Gasteiger partial charge in [-0.2, -0.15) is 0 Å². The van der Waals surface area contributed by atoms with Gasteiger partial charge < -0.3 is 5.11 Å². The molecule has 0 saturated carbocycles. The third-order valence-electron chi connectivity index (χ3n) is 1.61. The predicted molar refractivity (Wildman–Crippen MR) is 66.4 cm³/mol. The Morgan fingerprint density at radius 2 is 1.79 bits per heavy atom. The van der Waals surface area contributed by atoms with E-state index >= 15 is 0 Å². The number of halogens is 3. The summed E-state index contributed by atoms with van der Waals surface area (Å²) < 4.78 is 0. The van der Waals surface area contributed by atoms with E-state index in [1.807, 2.05) is 0 Å². The molecular formula is C9H10BrCl2MgO+2. The summed E-state index contributed by atoms with van der Waals surface area (Å²) in [6, 6.07) is 5.22. The van der Waals surface area contributed by atoms with Crippen molar-refractivity contribution >= 4 is 55.6 Å². The van der Waals surface area contributed by atoms with E-state index in [2.05, 4.69) is 12.9 Å². The molecule has 0 aliphatic heterocycles. The lowest BCUT2D eigenvalue weighted by molar-refractivity contribution is 0.0787. The number of aliphatic hydroxyl groups is 1. The van der Waals surface area contributed by atoms with Crippen LogP contribution in [0.2, 0.25) is 10.0 Å². The number of rotatable bonds is 1. The first-order valence-corrected chi connectivity index (χ1v) is 8.52. The molecule has 0 unspecified atom stereocenters. The lowest BCUT2D eigenvalue weighted by Gasteiger charge is -2.19. The Morgan fingerprint density at radius 1 is 1.29 bits per heavy atom. The standard InChI is InChI=1S/C9H10Cl2O.BrH.Mg/c1-9(2,12)6-4-3-5-7(10)8(6)11;;/h3-5,12H,1-2H3;1H;/q;;+3/p-1. The van der Waals surface area contributed by atoms with Crippen molar-refractivity contribution in [2.45, 2.75) is 19.4 Å². The highest BCUT2D eigenvalue weighted by Crippen LogP contribution is 2.32. The summed E-state index contributed by atoms with van der Waals surface area (Å²) in [5, 5.41) is 10.5. The molecule has 1 rings (SSSR count). The highest BCUT2D eigenvalue weighted by Gasteiger charge is 2.20. The molecule has 0 aliphatic rings. The molecule has 0 atom stereocenters. The Balaban J connectivity index is 0.000000791. The minimum Gasteiger partial charge on any atom is -0.386 e. The molecule has 1 nitrogen and oxygen atoms in total. The molecular weight excluding hydrogens is 299 g/mol. The summed E-state index contributed by atoms with van der Waals surface area (Å²) in [5.74, 6) is 0. The summed E-state index contributed by atoms with van der Waals surface area (Å²) in [4.78, 5) is 0. The summed E-state index contributed by atoms with van der Waals surface area (Å²) in [7, 11) is 0. The third kappa shape index (κ3) is 4.25. The molecule has 0 bridgehead atoms. The molecule has 5 heteroatoms. The second kappa shape index (κ2) is 6.56. The molecule has 1 aromatic carbocycles. The second-order valence-electron chi connectivity index (χ2n) is 3.16. The molecule has 0 aliphatic carbocycles. The maximum absolute atomic E-state index is 9.65. The van der Waals surface area contributed by atoms with Gasteiger partial charge in [-0.3, -0.25) is 0 Å². The molecule has 14 heavy (non-hydrogen) atoms. The van der Waals surface area contributed by atoms with Crippen LogP contribution in [0.25, 0.3) is 0 Å². The first-order chi connectivity index (χ1) is 6.43. The Hall–Kier alpha value is 1.01. The van der Waals surface area contributed by atoms with Gasteiger partial charge in [-0.15, -0.1) is 0 Å². The zero-order chi connectivity index (χ0) is 11.4. The van der Waals surface area contributed by atoms with Crippen LogP contribution in [-0.4, -0.2) is 24.6 Å². The van der Waals surface area contributed by atoms with E-state index in [-0.39, 0.29) is 0 Å².